The van der Waals surface area contributed by atoms with Crippen LogP contribution in [0.4, 0.5) is 17.6 Å². The Morgan fingerprint density at radius 3 is 2.17 bits per heavy atom. The molecule has 0 aliphatic carbocycles. The van der Waals surface area contributed by atoms with Gasteiger partial charge in [-0.05, 0) is 6.92 Å². The second-order valence-electron chi connectivity index (χ2n) is 2.09. The van der Waals surface area contributed by atoms with Crippen molar-refractivity contribution in [2.45, 2.75) is 19.3 Å². The smallest absolute Gasteiger partial charge is 0.413 e. The maximum atomic E-state index is 12.4. The Bertz CT molecular complexity index is 238. The molecule has 0 spiro atoms. The van der Waals surface area contributed by atoms with Gasteiger partial charge in [0, 0.05) is 0 Å². The number of alkyl halides is 4. The summed E-state index contributed by atoms with van der Waals surface area (Å²) in [5.74, 6) is -0.653. The molecule has 0 aromatic heterocycles. The zero-order valence-electron chi connectivity index (χ0n) is 5.78. The Morgan fingerprint density at radius 1 is 1.25 bits per heavy atom. The number of hydrogen-bond acceptors (Lipinski definition) is 3. The fourth-order valence-corrected chi connectivity index (χ4v) is 0.741. The van der Waals surface area contributed by atoms with Crippen LogP contribution in [0.2, 0.25) is 0 Å². The van der Waals surface area contributed by atoms with Crippen LogP contribution in [-0.4, -0.2) is 12.4 Å². The molecule has 70 valence electrons. The van der Waals surface area contributed by atoms with E-state index in [0.717, 1.165) is 6.92 Å². The molecule has 2 nitrogen and oxygen atoms in total. The van der Waals surface area contributed by atoms with Crippen LogP contribution >= 0.6 is 12.6 Å². The minimum absolute atomic E-state index is 0.653. The lowest BCUT2D eigenvalue weighted by Gasteiger charge is -2.29. The summed E-state index contributed by atoms with van der Waals surface area (Å²) in [6.07, 6.45) is -8.38. The van der Waals surface area contributed by atoms with E-state index in [-0.39, 0.29) is 0 Å². The van der Waals surface area contributed by atoms with Gasteiger partial charge in [-0.3, -0.25) is 0 Å². The lowest BCUT2D eigenvalue weighted by Crippen LogP contribution is -2.40. The van der Waals surface area contributed by atoms with Crippen LogP contribution in [0.1, 0.15) is 6.92 Å². The van der Waals surface area contributed by atoms with Crippen LogP contribution in [0.25, 0.3) is 0 Å². The summed E-state index contributed by atoms with van der Waals surface area (Å²) >= 11 is 3.26. The average Bonchev–Trinajstić information content (AvgIpc) is 1.79. The summed E-state index contributed by atoms with van der Waals surface area (Å²) in [7, 11) is 0. The molecule has 1 heterocycles. The number of thiol groups is 1. The summed E-state index contributed by atoms with van der Waals surface area (Å²) in [5, 5.41) is 0. The zero-order chi connectivity index (χ0) is 9.57. The Labute approximate surface area is 70.5 Å². The zero-order valence-corrected chi connectivity index (χ0v) is 6.67. The van der Waals surface area contributed by atoms with Gasteiger partial charge in [0.1, 0.15) is 10.7 Å². The second-order valence-corrected chi connectivity index (χ2v) is 2.54. The molecule has 12 heavy (non-hydrogen) atoms. The van der Waals surface area contributed by atoms with Gasteiger partial charge < -0.3 is 4.74 Å². The number of hydrogen-bond donors (Lipinski definition) is 1. The first-order chi connectivity index (χ1) is 5.25. The second kappa shape index (κ2) is 2.53. The highest BCUT2D eigenvalue weighted by Crippen LogP contribution is 2.42. The number of rotatable bonds is 0. The van der Waals surface area contributed by atoms with Crippen molar-refractivity contribution in [3.63, 3.8) is 0 Å². The molecule has 7 heteroatoms. The highest BCUT2D eigenvalue weighted by molar-refractivity contribution is 7.84. The van der Waals surface area contributed by atoms with Crippen molar-refractivity contribution in [2.75, 3.05) is 0 Å². The van der Waals surface area contributed by atoms with E-state index in [1.165, 1.54) is 0 Å². The van der Waals surface area contributed by atoms with Gasteiger partial charge in [-0.15, -0.1) is 21.4 Å². The molecule has 0 aromatic rings. The third-order valence-electron chi connectivity index (χ3n) is 1.13. The SMILES string of the molecule is CC1=C(S)C(F)(F)OC(F)(F)O1. The van der Waals surface area contributed by atoms with Gasteiger partial charge in [0.05, 0.1) is 0 Å². The molecule has 0 fully saturated rings. The van der Waals surface area contributed by atoms with E-state index >= 15 is 0 Å². The molecule has 0 N–H and O–H groups in total. The van der Waals surface area contributed by atoms with Gasteiger partial charge in [0.15, 0.2) is 0 Å². The molecular weight excluding hydrogens is 200 g/mol. The highest BCUT2D eigenvalue weighted by Gasteiger charge is 2.53. The largest absolute Gasteiger partial charge is 0.539 e. The number of halogens is 4. The van der Waals surface area contributed by atoms with Gasteiger partial charge in [-0.25, -0.2) is 4.74 Å². The van der Waals surface area contributed by atoms with Crippen molar-refractivity contribution in [1.82, 2.24) is 0 Å². The normalized spacial score (nSPS) is 26.8. The maximum absolute atomic E-state index is 12.4. The van der Waals surface area contributed by atoms with Crippen LogP contribution in [0, 0.1) is 0 Å². The Kier molecular flexibility index (Phi) is 2.03. The van der Waals surface area contributed by atoms with Crippen molar-refractivity contribution in [2.24, 2.45) is 0 Å². The fourth-order valence-electron chi connectivity index (χ4n) is 0.650. The van der Waals surface area contributed by atoms with Gasteiger partial charge in [0.2, 0.25) is 0 Å². The first-order valence-electron chi connectivity index (χ1n) is 2.80. The third-order valence-corrected chi connectivity index (χ3v) is 1.70. The fraction of sp³-hybridized carbons (Fsp3) is 0.600. The predicted octanol–water partition coefficient (Wildman–Crippen LogP) is 2.34. The maximum Gasteiger partial charge on any atom is 0.539 e. The third kappa shape index (κ3) is 1.66. The molecule has 0 bridgehead atoms. The minimum atomic E-state index is -4.29. The summed E-state index contributed by atoms with van der Waals surface area (Å²) in [5.41, 5.74) is 0. The lowest BCUT2D eigenvalue weighted by molar-refractivity contribution is -0.458. The van der Waals surface area contributed by atoms with Gasteiger partial charge in [-0.1, -0.05) is 0 Å². The molecule has 0 amide bonds. The average molecular weight is 204 g/mol. The van der Waals surface area contributed by atoms with Crippen molar-refractivity contribution >= 4 is 12.6 Å². The van der Waals surface area contributed by atoms with E-state index in [9.17, 15) is 17.6 Å². The van der Waals surface area contributed by atoms with Crippen LogP contribution in [-0.2, 0) is 9.47 Å². The van der Waals surface area contributed by atoms with Gasteiger partial charge >= 0.3 is 12.4 Å². The summed E-state index contributed by atoms with van der Waals surface area (Å²) in [4.78, 5) is -0.951. The summed E-state index contributed by atoms with van der Waals surface area (Å²) < 4.78 is 55.8. The summed E-state index contributed by atoms with van der Waals surface area (Å²) in [6.45, 7) is 0.951. The van der Waals surface area contributed by atoms with Crippen molar-refractivity contribution in [1.29, 1.82) is 0 Å². The molecule has 0 aromatic carbocycles. The Morgan fingerprint density at radius 2 is 1.75 bits per heavy atom. The van der Waals surface area contributed by atoms with E-state index in [4.69, 9.17) is 0 Å². The lowest BCUT2D eigenvalue weighted by atomic mass is 10.4. The van der Waals surface area contributed by atoms with Crippen molar-refractivity contribution in [3.05, 3.63) is 10.7 Å². The van der Waals surface area contributed by atoms with Crippen LogP contribution in [0.5, 0.6) is 0 Å². The first-order valence-corrected chi connectivity index (χ1v) is 3.24. The van der Waals surface area contributed by atoms with Gasteiger partial charge in [-0.2, -0.15) is 8.78 Å². The van der Waals surface area contributed by atoms with E-state index in [1.807, 2.05) is 0 Å². The monoisotopic (exact) mass is 204 g/mol. The minimum Gasteiger partial charge on any atom is -0.413 e. The molecule has 1 aliphatic heterocycles. The molecule has 0 saturated carbocycles. The number of ether oxygens (including phenoxy) is 2. The van der Waals surface area contributed by atoms with Crippen LogP contribution in [0.15, 0.2) is 10.7 Å². The quantitative estimate of drug-likeness (QED) is 0.482. The molecule has 1 rings (SSSR count). The molecular formula is C5H4F4O2S. The predicted molar refractivity (Wildman–Crippen MR) is 33.8 cm³/mol. The van der Waals surface area contributed by atoms with E-state index in [1.54, 1.807) is 0 Å². The van der Waals surface area contributed by atoms with Gasteiger partial charge in [0.25, 0.3) is 0 Å². The molecule has 0 unspecified atom stereocenters. The standard InChI is InChI=1S/C5H4F4O2S/c1-2-3(12)4(6,7)11-5(8,9)10-2/h12H,1H3. The Hall–Kier alpha value is -0.430. The van der Waals surface area contributed by atoms with Crippen LogP contribution in [0.3, 0.4) is 0 Å². The Balaban J connectivity index is 3.03. The molecule has 1 aliphatic rings. The topological polar surface area (TPSA) is 18.5 Å². The van der Waals surface area contributed by atoms with Crippen LogP contribution < -0.4 is 0 Å². The molecule has 0 radical (unpaired) electrons. The summed E-state index contributed by atoms with van der Waals surface area (Å²) in [6, 6.07) is 0. The molecule has 0 atom stereocenters. The van der Waals surface area contributed by atoms with Crippen molar-refractivity contribution in [3.8, 4) is 0 Å². The van der Waals surface area contributed by atoms with E-state index in [0.29, 0.717) is 0 Å². The number of allylic oxidation sites excluding steroid dienone is 1. The highest BCUT2D eigenvalue weighted by atomic mass is 32.1. The first kappa shape index (κ1) is 9.66. The van der Waals surface area contributed by atoms with E-state index < -0.39 is 23.1 Å². The molecule has 0 saturated heterocycles. The van der Waals surface area contributed by atoms with Crippen molar-refractivity contribution < 1.29 is 27.0 Å². The van der Waals surface area contributed by atoms with E-state index in [2.05, 4.69) is 22.1 Å².